The molecule has 0 saturated carbocycles. The van der Waals surface area contributed by atoms with E-state index < -0.39 is 0 Å². The Morgan fingerprint density at radius 2 is 1.33 bits per heavy atom. The van der Waals surface area contributed by atoms with Gasteiger partial charge in [-0.05, 0) is 71.2 Å². The van der Waals surface area contributed by atoms with Crippen molar-refractivity contribution in [1.29, 1.82) is 0 Å². The normalized spacial score (nSPS) is 11.2. The van der Waals surface area contributed by atoms with Gasteiger partial charge < -0.3 is 14.8 Å². The van der Waals surface area contributed by atoms with E-state index >= 15 is 0 Å². The van der Waals surface area contributed by atoms with Gasteiger partial charge in [-0.25, -0.2) is 0 Å². The number of unbranched alkanes of at least 4 members (excludes halogenated alkanes) is 4. The van der Waals surface area contributed by atoms with E-state index in [1.54, 1.807) is 0 Å². The zero-order chi connectivity index (χ0) is 28.1. The number of benzene rings is 3. The first-order valence-corrected chi connectivity index (χ1v) is 14.0. The van der Waals surface area contributed by atoms with Crippen molar-refractivity contribution in [3.63, 3.8) is 0 Å². The van der Waals surface area contributed by atoms with Crippen LogP contribution in [-0.4, -0.2) is 32.1 Å². The Bertz CT molecular complexity index is 1160. The lowest BCUT2D eigenvalue weighted by Gasteiger charge is -2.19. The first kappa shape index (κ1) is 29.9. The van der Waals surface area contributed by atoms with Gasteiger partial charge in [0.15, 0.2) is 0 Å². The molecule has 0 aliphatic heterocycles. The van der Waals surface area contributed by atoms with Gasteiger partial charge in [0.1, 0.15) is 5.75 Å². The minimum Gasteiger partial charge on any atom is -0.494 e. The summed E-state index contributed by atoms with van der Waals surface area (Å²) < 4.78 is 10.5. The van der Waals surface area contributed by atoms with Gasteiger partial charge >= 0.3 is 5.97 Å². The van der Waals surface area contributed by atoms with Crippen LogP contribution in [0.3, 0.4) is 0 Å². The fourth-order valence-electron chi connectivity index (χ4n) is 4.36. The maximum absolute atomic E-state index is 12.1. The van der Waals surface area contributed by atoms with Gasteiger partial charge in [0.2, 0.25) is 0 Å². The van der Waals surface area contributed by atoms with Crippen LogP contribution in [-0.2, 0) is 21.4 Å². The Labute approximate surface area is 233 Å². The molecule has 0 saturated heterocycles. The number of esters is 1. The molecule has 0 heterocycles. The number of aryl methyl sites for hydroxylation is 1. The minimum absolute atomic E-state index is 0.166. The standard InChI is InChI=1S/C34H43NO4/c1-34(2,3)30-19-15-27(16-20-30)28-17-21-31(22-18-28)39-25-9-7-5-6-8-10-26-11-13-29(14-12-26)33(37)35-24-23-32(36)38-4/h11-22H,5-10,23-25H2,1-4H3,(H,35,37). The van der Waals surface area contributed by atoms with Crippen LogP contribution in [0.15, 0.2) is 72.8 Å². The predicted octanol–water partition coefficient (Wildman–Crippen LogP) is 7.52. The molecular formula is C34H43NO4. The maximum atomic E-state index is 12.1. The lowest BCUT2D eigenvalue weighted by Crippen LogP contribution is -2.26. The second-order valence-corrected chi connectivity index (χ2v) is 11.0. The van der Waals surface area contributed by atoms with Crippen LogP contribution in [0.4, 0.5) is 0 Å². The first-order valence-electron chi connectivity index (χ1n) is 14.0. The molecule has 3 aromatic carbocycles. The van der Waals surface area contributed by atoms with Crippen molar-refractivity contribution in [2.24, 2.45) is 0 Å². The zero-order valence-electron chi connectivity index (χ0n) is 23.9. The molecule has 0 radical (unpaired) electrons. The third kappa shape index (κ3) is 10.2. The number of hydrogen-bond donors (Lipinski definition) is 1. The summed E-state index contributed by atoms with van der Waals surface area (Å²) in [5.74, 6) is 0.418. The summed E-state index contributed by atoms with van der Waals surface area (Å²) in [6.07, 6.45) is 6.88. The number of carbonyl (C=O) groups is 2. The number of rotatable bonds is 14. The molecule has 0 bridgehead atoms. The Hall–Kier alpha value is -3.60. The molecule has 5 nitrogen and oxygen atoms in total. The van der Waals surface area contributed by atoms with Crippen molar-refractivity contribution in [3.8, 4) is 16.9 Å². The average Bonchev–Trinajstić information content (AvgIpc) is 2.94. The van der Waals surface area contributed by atoms with Crippen molar-refractivity contribution >= 4 is 11.9 Å². The van der Waals surface area contributed by atoms with E-state index in [2.05, 4.69) is 79.4 Å². The second-order valence-electron chi connectivity index (χ2n) is 11.0. The lowest BCUT2D eigenvalue weighted by molar-refractivity contribution is -0.140. The summed E-state index contributed by atoms with van der Waals surface area (Å²) in [4.78, 5) is 23.3. The van der Waals surface area contributed by atoms with Crippen LogP contribution < -0.4 is 10.1 Å². The van der Waals surface area contributed by atoms with Crippen molar-refractivity contribution < 1.29 is 19.1 Å². The van der Waals surface area contributed by atoms with Crippen LogP contribution in [0.5, 0.6) is 5.75 Å². The maximum Gasteiger partial charge on any atom is 0.307 e. The third-order valence-electron chi connectivity index (χ3n) is 6.88. The zero-order valence-corrected chi connectivity index (χ0v) is 23.9. The molecule has 3 rings (SSSR count). The number of nitrogens with one attached hydrogen (secondary N) is 1. The monoisotopic (exact) mass is 529 g/mol. The van der Waals surface area contributed by atoms with Crippen molar-refractivity contribution in [2.75, 3.05) is 20.3 Å². The van der Waals surface area contributed by atoms with E-state index in [0.29, 0.717) is 5.56 Å². The van der Waals surface area contributed by atoms with Gasteiger partial charge in [0, 0.05) is 12.1 Å². The largest absolute Gasteiger partial charge is 0.494 e. The van der Waals surface area contributed by atoms with E-state index in [1.165, 1.54) is 42.2 Å². The van der Waals surface area contributed by atoms with E-state index in [4.69, 9.17) is 4.74 Å². The summed E-state index contributed by atoms with van der Waals surface area (Å²) in [6, 6.07) is 24.9. The van der Waals surface area contributed by atoms with E-state index in [0.717, 1.165) is 38.0 Å². The lowest BCUT2D eigenvalue weighted by atomic mass is 9.86. The van der Waals surface area contributed by atoms with Crippen LogP contribution in [0.2, 0.25) is 0 Å². The van der Waals surface area contributed by atoms with Crippen LogP contribution in [0.25, 0.3) is 11.1 Å². The highest BCUT2D eigenvalue weighted by Gasteiger charge is 2.13. The van der Waals surface area contributed by atoms with Gasteiger partial charge in [-0.3, -0.25) is 9.59 Å². The highest BCUT2D eigenvalue weighted by atomic mass is 16.5. The third-order valence-corrected chi connectivity index (χ3v) is 6.88. The first-order chi connectivity index (χ1) is 18.8. The SMILES string of the molecule is COC(=O)CCNC(=O)c1ccc(CCCCCCCOc2ccc(-c3ccc(C(C)(C)C)cc3)cc2)cc1. The number of ether oxygens (including phenoxy) is 2. The van der Waals surface area contributed by atoms with Gasteiger partial charge in [-0.2, -0.15) is 0 Å². The molecule has 5 heteroatoms. The highest BCUT2D eigenvalue weighted by molar-refractivity contribution is 5.94. The summed E-state index contributed by atoms with van der Waals surface area (Å²) in [5.41, 5.74) is 5.78. The molecule has 0 aliphatic carbocycles. The fourth-order valence-corrected chi connectivity index (χ4v) is 4.36. The fraction of sp³-hybridized carbons (Fsp3) is 0.412. The average molecular weight is 530 g/mol. The quantitative estimate of drug-likeness (QED) is 0.173. The smallest absolute Gasteiger partial charge is 0.307 e. The molecule has 0 aliphatic rings. The molecule has 0 spiro atoms. The van der Waals surface area contributed by atoms with Gasteiger partial charge in [0.25, 0.3) is 5.91 Å². The molecule has 0 unspecified atom stereocenters. The Balaban J connectivity index is 1.26. The summed E-state index contributed by atoms with van der Waals surface area (Å²) in [5, 5.41) is 2.74. The molecule has 1 N–H and O–H groups in total. The molecule has 39 heavy (non-hydrogen) atoms. The predicted molar refractivity (Wildman–Crippen MR) is 158 cm³/mol. The topological polar surface area (TPSA) is 64.6 Å². The molecule has 3 aromatic rings. The molecule has 0 aromatic heterocycles. The molecule has 0 fully saturated rings. The van der Waals surface area contributed by atoms with Gasteiger partial charge in [-0.15, -0.1) is 0 Å². The molecular weight excluding hydrogens is 486 g/mol. The summed E-state index contributed by atoms with van der Waals surface area (Å²) in [7, 11) is 1.34. The van der Waals surface area contributed by atoms with E-state index in [-0.39, 0.29) is 30.3 Å². The van der Waals surface area contributed by atoms with Gasteiger partial charge in [-0.1, -0.05) is 88.6 Å². The Morgan fingerprint density at radius 3 is 1.95 bits per heavy atom. The van der Waals surface area contributed by atoms with Crippen molar-refractivity contribution in [1.82, 2.24) is 5.32 Å². The van der Waals surface area contributed by atoms with E-state index in [9.17, 15) is 9.59 Å². The minimum atomic E-state index is -0.332. The molecule has 208 valence electrons. The molecule has 0 atom stereocenters. The van der Waals surface area contributed by atoms with Crippen molar-refractivity contribution in [2.45, 2.75) is 71.1 Å². The molecule has 1 amide bonds. The van der Waals surface area contributed by atoms with Crippen LogP contribution >= 0.6 is 0 Å². The Morgan fingerprint density at radius 1 is 0.744 bits per heavy atom. The highest BCUT2D eigenvalue weighted by Crippen LogP contribution is 2.27. The van der Waals surface area contributed by atoms with Crippen molar-refractivity contribution in [3.05, 3.63) is 89.5 Å². The number of carbonyl (C=O) groups excluding carboxylic acids is 2. The second kappa shape index (κ2) is 15.1. The summed E-state index contributed by atoms with van der Waals surface area (Å²) in [6.45, 7) is 7.72. The van der Waals surface area contributed by atoms with E-state index in [1.807, 2.05) is 24.3 Å². The number of methoxy groups -OCH3 is 1. The Kier molecular flexibility index (Phi) is 11.6. The number of amides is 1. The van der Waals surface area contributed by atoms with Crippen LogP contribution in [0, 0.1) is 0 Å². The van der Waals surface area contributed by atoms with Crippen LogP contribution in [0.1, 0.15) is 80.8 Å². The van der Waals surface area contributed by atoms with Gasteiger partial charge in [0.05, 0.1) is 20.1 Å². The summed E-state index contributed by atoms with van der Waals surface area (Å²) >= 11 is 0. The number of hydrogen-bond acceptors (Lipinski definition) is 4.